The number of rotatable bonds is 9. The van der Waals surface area contributed by atoms with Crippen molar-refractivity contribution in [2.45, 2.75) is 50.4 Å². The second-order valence-electron chi connectivity index (χ2n) is 8.19. The van der Waals surface area contributed by atoms with Crippen LogP contribution in [0.25, 0.3) is 10.9 Å². The normalized spacial score (nSPS) is 18.5. The number of thiol groups is 1. The number of hydrogen-bond acceptors (Lipinski definition) is 6. The number of hydrogen-bond donors (Lipinski definition) is 6. The molecule has 4 atom stereocenters. The van der Waals surface area contributed by atoms with Gasteiger partial charge in [-0.3, -0.25) is 14.4 Å². The van der Waals surface area contributed by atoms with Crippen LogP contribution in [0.3, 0.4) is 0 Å². The molecule has 0 spiro atoms. The number of nitrogens with one attached hydrogen (secondary N) is 3. The highest BCUT2D eigenvalue weighted by atomic mass is 32.1. The smallest absolute Gasteiger partial charge is 0.327 e. The third kappa shape index (κ3) is 5.66. The van der Waals surface area contributed by atoms with Gasteiger partial charge >= 0.3 is 5.97 Å². The van der Waals surface area contributed by atoms with Gasteiger partial charge in [0.25, 0.3) is 0 Å². The number of para-hydroxylation sites is 1. The van der Waals surface area contributed by atoms with Crippen LogP contribution in [-0.2, 0) is 25.6 Å². The summed E-state index contributed by atoms with van der Waals surface area (Å²) in [5.41, 5.74) is 7.38. The van der Waals surface area contributed by atoms with Crippen molar-refractivity contribution in [3.8, 4) is 0 Å². The lowest BCUT2D eigenvalue weighted by molar-refractivity contribution is -0.142. The molecule has 0 radical (unpaired) electrons. The number of H-pyrrole nitrogens is 1. The lowest BCUT2D eigenvalue weighted by Gasteiger charge is -2.28. The molecule has 0 bridgehead atoms. The number of fused-ring (bicyclic) bond motifs is 1. The number of nitrogens with two attached hydrogens (primary N) is 1. The van der Waals surface area contributed by atoms with E-state index in [4.69, 9.17) is 5.73 Å². The minimum absolute atomic E-state index is 0.103. The molecular formula is C22H29N5O5S. The van der Waals surface area contributed by atoms with Crippen molar-refractivity contribution in [2.24, 2.45) is 5.73 Å². The van der Waals surface area contributed by atoms with Gasteiger partial charge < -0.3 is 31.4 Å². The molecule has 33 heavy (non-hydrogen) atoms. The minimum Gasteiger partial charge on any atom is -0.480 e. The number of amides is 3. The molecule has 178 valence electrons. The molecule has 3 rings (SSSR count). The number of carboxylic acids is 1. The largest absolute Gasteiger partial charge is 0.480 e. The van der Waals surface area contributed by atoms with Gasteiger partial charge in [0.05, 0.1) is 6.04 Å². The Kier molecular flexibility index (Phi) is 7.98. The second kappa shape index (κ2) is 10.7. The summed E-state index contributed by atoms with van der Waals surface area (Å²) in [4.78, 5) is 54.5. The molecule has 2 heterocycles. The van der Waals surface area contributed by atoms with E-state index in [1.54, 1.807) is 13.1 Å². The summed E-state index contributed by atoms with van der Waals surface area (Å²) in [7, 11) is 0. The van der Waals surface area contributed by atoms with Crippen molar-refractivity contribution in [1.82, 2.24) is 20.5 Å². The van der Waals surface area contributed by atoms with Gasteiger partial charge in [-0.25, -0.2) is 4.79 Å². The van der Waals surface area contributed by atoms with E-state index in [-0.39, 0.29) is 18.1 Å². The fourth-order valence-corrected chi connectivity index (χ4v) is 4.27. The summed E-state index contributed by atoms with van der Waals surface area (Å²) >= 11 is 3.99. The van der Waals surface area contributed by atoms with Crippen LogP contribution in [0, 0.1) is 0 Å². The van der Waals surface area contributed by atoms with Crippen LogP contribution in [0.2, 0.25) is 0 Å². The Bertz CT molecular complexity index is 1040. The van der Waals surface area contributed by atoms with Crippen LogP contribution >= 0.6 is 12.6 Å². The average molecular weight is 476 g/mol. The maximum atomic E-state index is 13.1. The number of benzene rings is 1. The fraction of sp³-hybridized carbons (Fsp3) is 0.455. The highest BCUT2D eigenvalue weighted by Crippen LogP contribution is 2.21. The van der Waals surface area contributed by atoms with Crippen molar-refractivity contribution in [1.29, 1.82) is 0 Å². The number of carboxylic acid groups (broad SMARTS) is 1. The summed E-state index contributed by atoms with van der Waals surface area (Å²) in [5.74, 6) is -2.77. The average Bonchev–Trinajstić information content (AvgIpc) is 3.43. The van der Waals surface area contributed by atoms with Crippen molar-refractivity contribution >= 4 is 47.2 Å². The van der Waals surface area contributed by atoms with Gasteiger partial charge in [-0.1, -0.05) is 18.2 Å². The predicted octanol–water partition coefficient (Wildman–Crippen LogP) is 0.0326. The number of nitrogens with zero attached hydrogens (tertiary/aromatic N) is 1. The summed E-state index contributed by atoms with van der Waals surface area (Å²) < 4.78 is 0. The van der Waals surface area contributed by atoms with E-state index >= 15 is 0 Å². The van der Waals surface area contributed by atoms with E-state index in [1.165, 1.54) is 4.90 Å². The Morgan fingerprint density at radius 1 is 1.24 bits per heavy atom. The Hall–Kier alpha value is -3.05. The van der Waals surface area contributed by atoms with Gasteiger partial charge in [0.1, 0.15) is 18.1 Å². The highest BCUT2D eigenvalue weighted by Gasteiger charge is 2.37. The van der Waals surface area contributed by atoms with Crippen LogP contribution in [0.4, 0.5) is 0 Å². The zero-order valence-corrected chi connectivity index (χ0v) is 19.2. The third-order valence-electron chi connectivity index (χ3n) is 5.76. The number of aromatic nitrogens is 1. The number of aromatic amines is 1. The van der Waals surface area contributed by atoms with E-state index in [2.05, 4.69) is 28.2 Å². The number of likely N-dealkylation sites (tertiary alicyclic amines) is 1. The van der Waals surface area contributed by atoms with Crippen LogP contribution in [0.5, 0.6) is 0 Å². The summed E-state index contributed by atoms with van der Waals surface area (Å²) in [6.45, 7) is 1.98. The fourth-order valence-electron chi connectivity index (χ4n) is 4.02. The summed E-state index contributed by atoms with van der Waals surface area (Å²) in [6, 6.07) is 3.80. The van der Waals surface area contributed by atoms with Gasteiger partial charge in [0, 0.05) is 35.8 Å². The Morgan fingerprint density at radius 3 is 2.64 bits per heavy atom. The molecule has 1 aliphatic heterocycles. The van der Waals surface area contributed by atoms with Crippen molar-refractivity contribution in [3.63, 3.8) is 0 Å². The molecule has 0 saturated carbocycles. The monoisotopic (exact) mass is 475 g/mol. The first-order valence-electron chi connectivity index (χ1n) is 10.8. The Balaban J connectivity index is 1.83. The topological polar surface area (TPSA) is 158 Å². The molecule has 10 nitrogen and oxygen atoms in total. The molecule has 6 N–H and O–H groups in total. The van der Waals surface area contributed by atoms with Crippen molar-refractivity contribution in [3.05, 3.63) is 36.0 Å². The maximum absolute atomic E-state index is 13.1. The highest BCUT2D eigenvalue weighted by molar-refractivity contribution is 7.80. The standard InChI is InChI=1S/C22H29N5O5S/c1-12(23)21(30)27-8-4-7-18(27)20(29)25-16(19(28)26-17(11-33)22(31)32)9-13-10-24-15-6-3-2-5-14(13)15/h2-3,5-6,10,12,16-18,24,33H,4,7-9,11,23H2,1H3,(H,25,29)(H,26,28)(H,31,32). The van der Waals surface area contributed by atoms with Gasteiger partial charge in [0.2, 0.25) is 17.7 Å². The lowest BCUT2D eigenvalue weighted by atomic mass is 10.0. The van der Waals surface area contributed by atoms with Gasteiger partial charge in [-0.2, -0.15) is 12.6 Å². The molecule has 0 aliphatic carbocycles. The van der Waals surface area contributed by atoms with Gasteiger partial charge in [-0.15, -0.1) is 0 Å². The molecule has 1 aliphatic rings. The van der Waals surface area contributed by atoms with Crippen LogP contribution in [0.1, 0.15) is 25.3 Å². The van der Waals surface area contributed by atoms with Crippen LogP contribution in [0.15, 0.2) is 30.5 Å². The number of aliphatic carboxylic acids is 1. The quantitative estimate of drug-likeness (QED) is 0.281. The van der Waals surface area contributed by atoms with E-state index in [1.807, 2.05) is 24.3 Å². The molecule has 2 aromatic rings. The SMILES string of the molecule is CC(N)C(=O)N1CCCC1C(=O)NC(Cc1c[nH]c2ccccc12)C(=O)NC(CS)C(=O)O. The van der Waals surface area contributed by atoms with E-state index in [0.29, 0.717) is 19.4 Å². The zero-order chi connectivity index (χ0) is 24.1. The molecule has 1 aromatic heterocycles. The van der Waals surface area contributed by atoms with Crippen LogP contribution < -0.4 is 16.4 Å². The molecule has 1 fully saturated rings. The molecule has 11 heteroatoms. The van der Waals surface area contributed by atoms with Gasteiger partial charge in [0.15, 0.2) is 0 Å². The van der Waals surface area contributed by atoms with Crippen molar-refractivity contribution in [2.75, 3.05) is 12.3 Å². The maximum Gasteiger partial charge on any atom is 0.327 e. The summed E-state index contributed by atoms with van der Waals surface area (Å²) in [6.07, 6.45) is 3.00. The number of carbonyl (C=O) groups excluding carboxylic acids is 3. The molecule has 3 amide bonds. The molecule has 4 unspecified atom stereocenters. The Labute approximate surface area is 196 Å². The lowest BCUT2D eigenvalue weighted by Crippen LogP contribution is -2.57. The first-order chi connectivity index (χ1) is 15.7. The van der Waals surface area contributed by atoms with E-state index in [0.717, 1.165) is 16.5 Å². The third-order valence-corrected chi connectivity index (χ3v) is 6.12. The van der Waals surface area contributed by atoms with Crippen LogP contribution in [-0.4, -0.2) is 75.1 Å². The number of carbonyl (C=O) groups is 4. The molecule has 1 aromatic carbocycles. The van der Waals surface area contributed by atoms with E-state index in [9.17, 15) is 24.3 Å². The minimum atomic E-state index is -1.22. The predicted molar refractivity (Wildman–Crippen MR) is 126 cm³/mol. The molecule has 1 saturated heterocycles. The van der Waals surface area contributed by atoms with E-state index < -0.39 is 42.0 Å². The summed E-state index contributed by atoms with van der Waals surface area (Å²) in [5, 5.41) is 15.4. The van der Waals surface area contributed by atoms with Crippen molar-refractivity contribution < 1.29 is 24.3 Å². The first-order valence-corrected chi connectivity index (χ1v) is 11.4. The molecular weight excluding hydrogens is 446 g/mol. The second-order valence-corrected chi connectivity index (χ2v) is 8.55. The first kappa shape index (κ1) is 24.6. The zero-order valence-electron chi connectivity index (χ0n) is 18.3. The Morgan fingerprint density at radius 2 is 1.97 bits per heavy atom. The van der Waals surface area contributed by atoms with Gasteiger partial charge in [-0.05, 0) is 31.4 Å².